The molecule has 3 rings (SSSR count). The van der Waals surface area contributed by atoms with Crippen molar-refractivity contribution in [2.45, 2.75) is 25.3 Å². The van der Waals surface area contributed by atoms with Gasteiger partial charge in [0.05, 0.1) is 6.04 Å². The maximum Gasteiger partial charge on any atom is 0.243 e. The van der Waals surface area contributed by atoms with Gasteiger partial charge in [-0.1, -0.05) is 5.10 Å². The molecule has 0 spiro atoms. The molecule has 15 heavy (non-hydrogen) atoms. The maximum absolute atomic E-state index is 4.08. The maximum atomic E-state index is 4.08. The monoisotopic (exact) mass is 208 g/mol. The van der Waals surface area contributed by atoms with Crippen molar-refractivity contribution >= 4 is 5.95 Å². The van der Waals surface area contributed by atoms with Gasteiger partial charge in [0.15, 0.2) is 0 Å². The first kappa shape index (κ1) is 9.08. The van der Waals surface area contributed by atoms with Crippen molar-refractivity contribution in [1.82, 2.24) is 25.5 Å². The highest BCUT2D eigenvalue weighted by atomic mass is 15.6. The van der Waals surface area contributed by atoms with Crippen LogP contribution < -0.4 is 10.6 Å². The molecule has 1 aromatic rings. The Morgan fingerprint density at radius 1 is 1.27 bits per heavy atom. The lowest BCUT2D eigenvalue weighted by molar-refractivity contribution is 0.233. The van der Waals surface area contributed by atoms with Gasteiger partial charge in [0.25, 0.3) is 0 Å². The largest absolute Gasteiger partial charge is 0.353 e. The minimum atomic E-state index is 0.476. The molecule has 6 nitrogen and oxygen atoms in total. The molecule has 82 valence electrons. The zero-order chi connectivity index (χ0) is 10.1. The van der Waals surface area contributed by atoms with Crippen LogP contribution in [0, 0.1) is 5.92 Å². The van der Waals surface area contributed by atoms with Crippen molar-refractivity contribution in [3.63, 3.8) is 0 Å². The number of nitrogens with zero attached hydrogens (tertiary/aromatic N) is 4. The molecule has 3 heterocycles. The second-order valence-corrected chi connectivity index (χ2v) is 4.34. The SMILES string of the molecule is C1CNCC(C2CCNc3nnnn32)C1. The summed E-state index contributed by atoms with van der Waals surface area (Å²) in [5.74, 6) is 1.51. The molecule has 2 aliphatic rings. The normalized spacial score (nSPS) is 30.7. The van der Waals surface area contributed by atoms with Gasteiger partial charge in [-0.05, 0) is 48.7 Å². The van der Waals surface area contributed by atoms with Gasteiger partial charge in [-0.3, -0.25) is 0 Å². The average Bonchev–Trinajstić information content (AvgIpc) is 2.78. The van der Waals surface area contributed by atoms with E-state index in [1.165, 1.54) is 12.8 Å². The van der Waals surface area contributed by atoms with Gasteiger partial charge in [0.2, 0.25) is 5.95 Å². The molecule has 2 unspecified atom stereocenters. The van der Waals surface area contributed by atoms with Gasteiger partial charge in [-0.25, -0.2) is 4.68 Å². The van der Waals surface area contributed by atoms with Crippen molar-refractivity contribution in [3.05, 3.63) is 0 Å². The summed E-state index contributed by atoms with van der Waals surface area (Å²) in [5, 5.41) is 18.5. The molecule has 0 radical (unpaired) electrons. The van der Waals surface area contributed by atoms with Crippen molar-refractivity contribution < 1.29 is 0 Å². The van der Waals surface area contributed by atoms with Crippen LogP contribution in [0.3, 0.4) is 0 Å². The molecule has 0 amide bonds. The van der Waals surface area contributed by atoms with E-state index >= 15 is 0 Å². The lowest BCUT2D eigenvalue weighted by Crippen LogP contribution is -2.38. The fourth-order valence-electron chi connectivity index (χ4n) is 2.63. The molecule has 1 aromatic heterocycles. The third-order valence-corrected chi connectivity index (χ3v) is 3.41. The Labute approximate surface area is 88.4 Å². The van der Waals surface area contributed by atoms with Crippen molar-refractivity contribution in [2.75, 3.05) is 25.0 Å². The summed E-state index contributed by atoms with van der Waals surface area (Å²) in [5.41, 5.74) is 0. The van der Waals surface area contributed by atoms with Gasteiger partial charge in [0, 0.05) is 6.54 Å². The van der Waals surface area contributed by atoms with E-state index in [2.05, 4.69) is 26.2 Å². The molecule has 0 bridgehead atoms. The van der Waals surface area contributed by atoms with E-state index in [-0.39, 0.29) is 0 Å². The molecule has 2 atom stereocenters. The van der Waals surface area contributed by atoms with Crippen LogP contribution in [-0.2, 0) is 0 Å². The van der Waals surface area contributed by atoms with Gasteiger partial charge in [0.1, 0.15) is 0 Å². The Morgan fingerprint density at radius 2 is 2.27 bits per heavy atom. The Hall–Kier alpha value is -1.17. The number of tetrazole rings is 1. The van der Waals surface area contributed by atoms with E-state index in [0.29, 0.717) is 12.0 Å². The van der Waals surface area contributed by atoms with E-state index in [0.717, 1.165) is 32.0 Å². The zero-order valence-corrected chi connectivity index (χ0v) is 8.69. The molecule has 0 saturated carbocycles. The van der Waals surface area contributed by atoms with Crippen molar-refractivity contribution in [2.24, 2.45) is 5.92 Å². The fourth-order valence-corrected chi connectivity index (χ4v) is 2.63. The molecule has 0 aliphatic carbocycles. The lowest BCUT2D eigenvalue weighted by atomic mass is 9.89. The summed E-state index contributed by atoms with van der Waals surface area (Å²) in [6.07, 6.45) is 3.69. The standard InChI is InChI=1S/C9H16N6/c1-2-7(6-10-4-1)8-3-5-11-9-12-13-14-15(8)9/h7-8,10H,1-6H2,(H,11,12,14). The second-order valence-electron chi connectivity index (χ2n) is 4.34. The predicted octanol–water partition coefficient (Wildman–Crippen LogP) is 0.0294. The minimum absolute atomic E-state index is 0.476. The third-order valence-electron chi connectivity index (χ3n) is 3.41. The number of aromatic nitrogens is 4. The van der Waals surface area contributed by atoms with Gasteiger partial charge >= 0.3 is 0 Å². The molecule has 2 N–H and O–H groups in total. The Morgan fingerprint density at radius 3 is 3.13 bits per heavy atom. The number of anilines is 1. The Kier molecular flexibility index (Phi) is 2.28. The zero-order valence-electron chi connectivity index (χ0n) is 8.69. The van der Waals surface area contributed by atoms with Crippen LogP contribution >= 0.6 is 0 Å². The summed E-state index contributed by atoms with van der Waals surface area (Å²) >= 11 is 0. The van der Waals surface area contributed by atoms with E-state index < -0.39 is 0 Å². The highest BCUT2D eigenvalue weighted by molar-refractivity contribution is 5.24. The second kappa shape index (κ2) is 3.77. The third kappa shape index (κ3) is 1.58. The van der Waals surface area contributed by atoms with Crippen LogP contribution in [0.15, 0.2) is 0 Å². The molecule has 1 saturated heterocycles. The summed E-state index contributed by atoms with van der Waals surface area (Å²) < 4.78 is 1.96. The highest BCUT2D eigenvalue weighted by Gasteiger charge is 2.30. The topological polar surface area (TPSA) is 67.7 Å². The van der Waals surface area contributed by atoms with Crippen LogP contribution in [0.5, 0.6) is 0 Å². The van der Waals surface area contributed by atoms with Crippen LogP contribution in [0.25, 0.3) is 0 Å². The molecular formula is C9H16N6. The predicted molar refractivity (Wildman–Crippen MR) is 55.6 cm³/mol. The molecule has 1 fully saturated rings. The number of rotatable bonds is 1. The first-order valence-corrected chi connectivity index (χ1v) is 5.67. The van der Waals surface area contributed by atoms with Crippen LogP contribution in [0.1, 0.15) is 25.3 Å². The average molecular weight is 208 g/mol. The number of fused-ring (bicyclic) bond motifs is 1. The highest BCUT2D eigenvalue weighted by Crippen LogP contribution is 2.30. The minimum Gasteiger partial charge on any atom is -0.353 e. The summed E-state index contributed by atoms with van der Waals surface area (Å²) in [6.45, 7) is 3.25. The van der Waals surface area contributed by atoms with E-state index in [4.69, 9.17) is 0 Å². The number of nitrogens with one attached hydrogen (secondary N) is 2. The van der Waals surface area contributed by atoms with Crippen LogP contribution in [-0.4, -0.2) is 39.8 Å². The van der Waals surface area contributed by atoms with E-state index in [9.17, 15) is 0 Å². The molecule has 2 aliphatic heterocycles. The van der Waals surface area contributed by atoms with Crippen LogP contribution in [0.4, 0.5) is 5.95 Å². The van der Waals surface area contributed by atoms with E-state index in [1.807, 2.05) is 4.68 Å². The summed E-state index contributed by atoms with van der Waals surface area (Å²) in [6, 6.07) is 0.476. The summed E-state index contributed by atoms with van der Waals surface area (Å²) in [7, 11) is 0. The smallest absolute Gasteiger partial charge is 0.243 e. The lowest BCUT2D eigenvalue weighted by Gasteiger charge is -2.33. The first-order valence-electron chi connectivity index (χ1n) is 5.67. The Bertz CT molecular complexity index is 329. The van der Waals surface area contributed by atoms with Gasteiger partial charge < -0.3 is 10.6 Å². The quantitative estimate of drug-likeness (QED) is 0.681. The van der Waals surface area contributed by atoms with Crippen LogP contribution in [0.2, 0.25) is 0 Å². The van der Waals surface area contributed by atoms with Crippen molar-refractivity contribution in [3.8, 4) is 0 Å². The number of piperidine rings is 1. The van der Waals surface area contributed by atoms with E-state index in [1.54, 1.807) is 0 Å². The van der Waals surface area contributed by atoms with Gasteiger partial charge in [-0.2, -0.15) is 0 Å². The number of hydrogen-bond acceptors (Lipinski definition) is 5. The molecule has 0 aromatic carbocycles. The number of hydrogen-bond donors (Lipinski definition) is 2. The fraction of sp³-hybridized carbons (Fsp3) is 0.889. The van der Waals surface area contributed by atoms with Crippen molar-refractivity contribution in [1.29, 1.82) is 0 Å². The molecule has 6 heteroatoms. The summed E-state index contributed by atoms with van der Waals surface area (Å²) in [4.78, 5) is 0. The Balaban J connectivity index is 1.82. The van der Waals surface area contributed by atoms with Gasteiger partial charge in [-0.15, -0.1) is 0 Å². The first-order chi connectivity index (χ1) is 7.45. The molecular weight excluding hydrogens is 192 g/mol.